The van der Waals surface area contributed by atoms with Gasteiger partial charge in [0.25, 0.3) is 0 Å². The summed E-state index contributed by atoms with van der Waals surface area (Å²) in [6, 6.07) is 0.985. The third kappa shape index (κ3) is 4.03. The van der Waals surface area contributed by atoms with Crippen molar-refractivity contribution in [2.45, 2.75) is 39.8 Å². The minimum absolute atomic E-state index is 0.493. The fraction of sp³-hybridized carbons (Fsp3) is 1.00. The second kappa shape index (κ2) is 5.18. The van der Waals surface area contributed by atoms with E-state index in [1.54, 1.807) is 0 Å². The normalized spacial score (nSPS) is 11.9. The van der Waals surface area contributed by atoms with Gasteiger partial charge in [-0.15, -0.1) is 4.78 Å². The number of hydrogen-bond donors (Lipinski definition) is 0. The van der Waals surface area contributed by atoms with Gasteiger partial charge in [-0.2, -0.15) is 0 Å². The Labute approximate surface area is 70.2 Å². The second-order valence-electron chi connectivity index (χ2n) is 3.07. The first-order chi connectivity index (χ1) is 5.09. The molecule has 0 atom stereocenters. The Balaban J connectivity index is 3.99. The van der Waals surface area contributed by atoms with E-state index in [1.165, 1.54) is 0 Å². The molecule has 5 heteroatoms. The van der Waals surface area contributed by atoms with Crippen LogP contribution < -0.4 is 0 Å². The monoisotopic (exact) mass is 172 g/mol. The standard InChI is InChI=1S/C6H16N4Si/c1-5(2)10(6(3)4)11-9-8-7/h5-6H,11H2,1-4H3. The summed E-state index contributed by atoms with van der Waals surface area (Å²) in [6.07, 6.45) is 0. The van der Waals surface area contributed by atoms with Crippen molar-refractivity contribution in [3.05, 3.63) is 10.4 Å². The van der Waals surface area contributed by atoms with Crippen molar-refractivity contribution in [3.63, 3.8) is 0 Å². The first-order valence-corrected chi connectivity index (χ1v) is 5.12. The molecule has 0 aliphatic carbocycles. The van der Waals surface area contributed by atoms with Gasteiger partial charge in [0.2, 0.25) is 0 Å². The van der Waals surface area contributed by atoms with Crippen LogP contribution in [0.25, 0.3) is 10.4 Å². The van der Waals surface area contributed by atoms with Crippen molar-refractivity contribution in [1.82, 2.24) is 4.57 Å². The quantitative estimate of drug-likeness (QED) is 0.274. The average Bonchev–Trinajstić information content (AvgIpc) is 1.87. The highest BCUT2D eigenvalue weighted by atomic mass is 28.2. The minimum Gasteiger partial charge on any atom is -0.320 e. The van der Waals surface area contributed by atoms with Crippen LogP contribution in [0.5, 0.6) is 0 Å². The highest BCUT2D eigenvalue weighted by Gasteiger charge is 2.11. The van der Waals surface area contributed by atoms with Crippen LogP contribution in [0.4, 0.5) is 0 Å². The summed E-state index contributed by atoms with van der Waals surface area (Å²) in [4.78, 5) is 2.79. The molecule has 0 aromatic carbocycles. The molecule has 0 unspecified atom stereocenters. The molecule has 0 bridgehead atoms. The second-order valence-corrected chi connectivity index (χ2v) is 4.37. The van der Waals surface area contributed by atoms with Gasteiger partial charge < -0.3 is 4.57 Å². The van der Waals surface area contributed by atoms with E-state index in [1.807, 2.05) is 0 Å². The molecule has 0 aliphatic heterocycles. The summed E-state index contributed by atoms with van der Waals surface area (Å²) >= 11 is 0. The molecule has 0 saturated carbocycles. The van der Waals surface area contributed by atoms with E-state index in [0.29, 0.717) is 12.1 Å². The lowest BCUT2D eigenvalue weighted by molar-refractivity contribution is 0.312. The Kier molecular flexibility index (Phi) is 4.94. The van der Waals surface area contributed by atoms with E-state index in [9.17, 15) is 0 Å². The highest BCUT2D eigenvalue weighted by molar-refractivity contribution is 6.29. The summed E-state index contributed by atoms with van der Waals surface area (Å²) in [5.41, 5.74) is 8.15. The van der Waals surface area contributed by atoms with Crippen molar-refractivity contribution in [2.75, 3.05) is 0 Å². The van der Waals surface area contributed by atoms with Gasteiger partial charge in [-0.25, -0.2) is 0 Å². The molecule has 0 spiro atoms. The first kappa shape index (κ1) is 10.5. The van der Waals surface area contributed by atoms with E-state index in [2.05, 4.69) is 42.0 Å². The lowest BCUT2D eigenvalue weighted by atomic mass is 10.3. The fourth-order valence-corrected chi connectivity index (χ4v) is 1.88. The Bertz CT molecular complexity index is 143. The van der Waals surface area contributed by atoms with Crippen LogP contribution in [0.2, 0.25) is 0 Å². The van der Waals surface area contributed by atoms with Gasteiger partial charge in [-0.3, -0.25) is 0 Å². The summed E-state index contributed by atoms with van der Waals surface area (Å²) in [5.74, 6) is 0. The molecule has 11 heavy (non-hydrogen) atoms. The Morgan fingerprint density at radius 3 is 2.00 bits per heavy atom. The molecular formula is C6H16N4Si. The molecule has 0 aliphatic rings. The number of azide groups is 1. The third-order valence-corrected chi connectivity index (χ3v) is 3.66. The topological polar surface area (TPSA) is 52.0 Å². The Hall–Kier alpha value is -0.513. The summed E-state index contributed by atoms with van der Waals surface area (Å²) in [5, 5.41) is 0. The molecule has 0 saturated heterocycles. The zero-order valence-electron chi connectivity index (χ0n) is 7.65. The van der Waals surface area contributed by atoms with Crippen molar-refractivity contribution in [1.29, 1.82) is 0 Å². The minimum atomic E-state index is -0.728. The fourth-order valence-electron chi connectivity index (χ4n) is 1.02. The zero-order valence-corrected chi connectivity index (χ0v) is 9.06. The largest absolute Gasteiger partial charge is 0.320 e. The first-order valence-electron chi connectivity index (χ1n) is 3.86. The van der Waals surface area contributed by atoms with E-state index in [0.717, 1.165) is 0 Å². The van der Waals surface area contributed by atoms with Crippen LogP contribution in [0.3, 0.4) is 0 Å². The van der Waals surface area contributed by atoms with Crippen molar-refractivity contribution >= 4 is 9.84 Å². The van der Waals surface area contributed by atoms with Crippen LogP contribution in [-0.4, -0.2) is 26.5 Å². The SMILES string of the molecule is CC(C)N([SiH2]N=[N+]=[N-])C(C)C. The number of rotatable bonds is 4. The molecule has 0 heterocycles. The Morgan fingerprint density at radius 2 is 1.73 bits per heavy atom. The summed E-state index contributed by atoms with van der Waals surface area (Å²) in [6.45, 7) is 8.50. The van der Waals surface area contributed by atoms with E-state index in [4.69, 9.17) is 5.53 Å². The molecule has 0 N–H and O–H groups in total. The molecule has 0 aromatic heterocycles. The van der Waals surface area contributed by atoms with Crippen LogP contribution in [-0.2, 0) is 0 Å². The van der Waals surface area contributed by atoms with Crippen molar-refractivity contribution < 1.29 is 0 Å². The van der Waals surface area contributed by atoms with Gasteiger partial charge in [0.05, 0.1) is 0 Å². The van der Waals surface area contributed by atoms with Gasteiger partial charge in [0, 0.05) is 0 Å². The van der Waals surface area contributed by atoms with E-state index in [-0.39, 0.29) is 0 Å². The molecular weight excluding hydrogens is 156 g/mol. The van der Waals surface area contributed by atoms with Gasteiger partial charge in [-0.1, -0.05) is 27.7 Å². The predicted molar refractivity (Wildman–Crippen MR) is 49.8 cm³/mol. The number of hydrogen-bond acceptors (Lipinski definition) is 2. The lowest BCUT2D eigenvalue weighted by Gasteiger charge is -2.28. The van der Waals surface area contributed by atoms with Crippen LogP contribution in [0, 0.1) is 0 Å². The maximum atomic E-state index is 8.15. The van der Waals surface area contributed by atoms with Gasteiger partial charge in [0.1, 0.15) is 0 Å². The maximum absolute atomic E-state index is 8.15. The average molecular weight is 172 g/mol. The maximum Gasteiger partial charge on any atom is 0.196 e. The predicted octanol–water partition coefficient (Wildman–Crippen LogP) is 1.41. The highest BCUT2D eigenvalue weighted by Crippen LogP contribution is 2.02. The third-order valence-electron chi connectivity index (χ3n) is 1.62. The van der Waals surface area contributed by atoms with Crippen LogP contribution in [0.1, 0.15) is 27.7 Å². The van der Waals surface area contributed by atoms with E-state index < -0.39 is 9.84 Å². The van der Waals surface area contributed by atoms with E-state index >= 15 is 0 Å². The molecule has 0 radical (unpaired) electrons. The molecule has 0 fully saturated rings. The van der Waals surface area contributed by atoms with Crippen LogP contribution >= 0.6 is 0 Å². The van der Waals surface area contributed by atoms with Gasteiger partial charge in [-0.05, 0) is 22.5 Å². The molecule has 0 rings (SSSR count). The van der Waals surface area contributed by atoms with Crippen LogP contribution in [0.15, 0.2) is 4.78 Å². The smallest absolute Gasteiger partial charge is 0.196 e. The molecule has 4 nitrogen and oxygen atoms in total. The molecule has 0 amide bonds. The lowest BCUT2D eigenvalue weighted by Crippen LogP contribution is -2.39. The summed E-state index contributed by atoms with van der Waals surface area (Å²) < 4.78 is 5.92. The molecule has 0 aromatic rings. The van der Waals surface area contributed by atoms with Gasteiger partial charge in [0.15, 0.2) is 9.84 Å². The van der Waals surface area contributed by atoms with Crippen molar-refractivity contribution in [3.8, 4) is 0 Å². The zero-order chi connectivity index (χ0) is 8.85. The molecule has 64 valence electrons. The number of nitrogens with zero attached hydrogens (tertiary/aromatic N) is 4. The van der Waals surface area contributed by atoms with Crippen molar-refractivity contribution in [2.24, 2.45) is 4.78 Å². The Morgan fingerprint density at radius 1 is 1.27 bits per heavy atom. The van der Waals surface area contributed by atoms with Gasteiger partial charge >= 0.3 is 0 Å². The summed E-state index contributed by atoms with van der Waals surface area (Å²) in [7, 11) is -0.728.